The predicted octanol–water partition coefficient (Wildman–Crippen LogP) is 4.22. The van der Waals surface area contributed by atoms with Crippen LogP contribution in [0, 0.1) is 11.3 Å². The van der Waals surface area contributed by atoms with Crippen molar-refractivity contribution < 1.29 is 9.53 Å². The molecular formula is C15H14BrN3O2. The molecule has 0 saturated carbocycles. The Kier molecular flexibility index (Phi) is 4.14. The number of nitrogens with one attached hydrogen (secondary N) is 1. The van der Waals surface area contributed by atoms with Gasteiger partial charge in [0.05, 0.1) is 11.1 Å². The maximum atomic E-state index is 11.8. The van der Waals surface area contributed by atoms with E-state index in [0.717, 1.165) is 9.86 Å². The molecule has 0 aliphatic rings. The number of nitrogens with zero attached hydrogens (tertiary/aromatic N) is 2. The summed E-state index contributed by atoms with van der Waals surface area (Å²) in [6.07, 6.45) is -0.638. The minimum absolute atomic E-state index is 0.192. The van der Waals surface area contributed by atoms with Gasteiger partial charge in [0, 0.05) is 9.86 Å². The Morgan fingerprint density at radius 2 is 2.10 bits per heavy atom. The zero-order valence-corrected chi connectivity index (χ0v) is 13.5. The van der Waals surface area contributed by atoms with Gasteiger partial charge in [-0.25, -0.2) is 9.78 Å². The molecule has 0 bridgehead atoms. The number of halogens is 1. The molecule has 1 aromatic carbocycles. The van der Waals surface area contributed by atoms with Gasteiger partial charge in [0.25, 0.3) is 0 Å². The molecule has 2 aromatic rings. The highest BCUT2D eigenvalue weighted by Gasteiger charge is 2.18. The number of benzene rings is 1. The van der Waals surface area contributed by atoms with E-state index in [1.807, 2.05) is 24.3 Å². The molecule has 0 unspecified atom stereocenters. The van der Waals surface area contributed by atoms with Crippen molar-refractivity contribution in [3.05, 3.63) is 34.3 Å². The van der Waals surface area contributed by atoms with Crippen LogP contribution in [0.3, 0.4) is 0 Å². The third-order valence-corrected chi connectivity index (χ3v) is 3.01. The van der Waals surface area contributed by atoms with E-state index < -0.39 is 11.7 Å². The summed E-state index contributed by atoms with van der Waals surface area (Å²) in [4.78, 5) is 16.1. The lowest BCUT2D eigenvalue weighted by molar-refractivity contribution is 0.0635. The molecule has 6 heteroatoms. The molecule has 21 heavy (non-hydrogen) atoms. The van der Waals surface area contributed by atoms with Crippen LogP contribution in [0.5, 0.6) is 0 Å². The average Bonchev–Trinajstić information content (AvgIpc) is 2.35. The van der Waals surface area contributed by atoms with Crippen molar-refractivity contribution >= 4 is 38.7 Å². The topological polar surface area (TPSA) is 75.0 Å². The first-order valence-electron chi connectivity index (χ1n) is 6.29. The number of rotatable bonds is 1. The first-order valence-corrected chi connectivity index (χ1v) is 7.08. The second-order valence-electron chi connectivity index (χ2n) is 5.46. The molecule has 1 heterocycles. The van der Waals surface area contributed by atoms with Crippen molar-refractivity contribution in [3.8, 4) is 6.07 Å². The van der Waals surface area contributed by atoms with Crippen molar-refractivity contribution in [1.29, 1.82) is 5.26 Å². The van der Waals surface area contributed by atoms with E-state index in [-0.39, 0.29) is 11.4 Å². The van der Waals surface area contributed by atoms with Crippen LogP contribution in [0.1, 0.15) is 26.3 Å². The number of ether oxygens (including phenoxy) is 1. The average molecular weight is 348 g/mol. The lowest BCUT2D eigenvalue weighted by Gasteiger charge is -2.19. The molecule has 2 rings (SSSR count). The highest BCUT2D eigenvalue weighted by Crippen LogP contribution is 2.23. The number of anilines is 1. The van der Waals surface area contributed by atoms with E-state index in [9.17, 15) is 10.1 Å². The zero-order valence-electron chi connectivity index (χ0n) is 11.9. The number of aromatic nitrogens is 1. The lowest BCUT2D eigenvalue weighted by atomic mass is 10.1. The van der Waals surface area contributed by atoms with Crippen LogP contribution in [0.2, 0.25) is 0 Å². The summed E-state index contributed by atoms with van der Waals surface area (Å²) >= 11 is 3.37. The van der Waals surface area contributed by atoms with E-state index in [0.29, 0.717) is 5.52 Å². The smallest absolute Gasteiger partial charge is 0.413 e. The highest BCUT2D eigenvalue weighted by atomic mass is 79.9. The second-order valence-corrected chi connectivity index (χ2v) is 6.38. The fourth-order valence-electron chi connectivity index (χ4n) is 1.72. The zero-order chi connectivity index (χ0) is 15.6. The summed E-state index contributed by atoms with van der Waals surface area (Å²) in [5.74, 6) is 0.192. The Balaban J connectivity index is 2.38. The molecule has 0 atom stereocenters. The summed E-state index contributed by atoms with van der Waals surface area (Å²) in [7, 11) is 0. The first kappa shape index (κ1) is 15.3. The van der Waals surface area contributed by atoms with Crippen molar-refractivity contribution in [3.63, 3.8) is 0 Å². The molecule has 1 N–H and O–H groups in total. The van der Waals surface area contributed by atoms with Crippen LogP contribution in [-0.4, -0.2) is 16.7 Å². The SMILES string of the molecule is CC(C)(C)OC(=O)Nc1nc2cc(Br)ccc2cc1C#N. The van der Waals surface area contributed by atoms with Gasteiger partial charge in [0.15, 0.2) is 5.82 Å². The number of hydrogen-bond acceptors (Lipinski definition) is 4. The molecule has 1 amide bonds. The van der Waals surface area contributed by atoms with Gasteiger partial charge in [-0.15, -0.1) is 0 Å². The molecular weight excluding hydrogens is 334 g/mol. The molecule has 5 nitrogen and oxygen atoms in total. The summed E-state index contributed by atoms with van der Waals surface area (Å²) < 4.78 is 6.04. The predicted molar refractivity (Wildman–Crippen MR) is 84.0 cm³/mol. The van der Waals surface area contributed by atoms with E-state index in [1.54, 1.807) is 26.8 Å². The van der Waals surface area contributed by atoms with E-state index >= 15 is 0 Å². The number of nitriles is 1. The quantitative estimate of drug-likeness (QED) is 0.837. The maximum Gasteiger partial charge on any atom is 0.413 e. The summed E-state index contributed by atoms with van der Waals surface area (Å²) in [5, 5.41) is 12.5. The van der Waals surface area contributed by atoms with Gasteiger partial charge in [0.2, 0.25) is 0 Å². The van der Waals surface area contributed by atoms with Crippen LogP contribution < -0.4 is 5.32 Å². The maximum absolute atomic E-state index is 11.8. The van der Waals surface area contributed by atoms with E-state index in [4.69, 9.17) is 4.74 Å². The van der Waals surface area contributed by atoms with Crippen LogP contribution >= 0.6 is 15.9 Å². The molecule has 0 radical (unpaired) electrons. The van der Waals surface area contributed by atoms with E-state index in [2.05, 4.69) is 26.2 Å². The molecule has 1 aromatic heterocycles. The lowest BCUT2D eigenvalue weighted by Crippen LogP contribution is -2.27. The molecule has 0 saturated heterocycles. The van der Waals surface area contributed by atoms with Crippen molar-refractivity contribution in [2.24, 2.45) is 0 Å². The van der Waals surface area contributed by atoms with Crippen molar-refractivity contribution in [2.75, 3.05) is 5.32 Å². The summed E-state index contributed by atoms with van der Waals surface area (Å²) in [5.41, 5.74) is 0.349. The fraction of sp³-hybridized carbons (Fsp3) is 0.267. The normalized spacial score (nSPS) is 11.0. The Bertz CT molecular complexity index is 745. The highest BCUT2D eigenvalue weighted by molar-refractivity contribution is 9.10. The Morgan fingerprint density at radius 1 is 1.38 bits per heavy atom. The summed E-state index contributed by atoms with van der Waals surface area (Å²) in [6.45, 7) is 5.30. The standard InChI is InChI=1S/C15H14BrN3O2/c1-15(2,3)21-14(20)19-13-10(8-17)6-9-4-5-11(16)7-12(9)18-13/h4-7H,1-3H3,(H,18,19,20). The van der Waals surface area contributed by atoms with Gasteiger partial charge in [-0.2, -0.15) is 5.26 Å². The number of fused-ring (bicyclic) bond motifs is 1. The number of carbonyl (C=O) groups is 1. The second kappa shape index (κ2) is 5.70. The largest absolute Gasteiger partial charge is 0.444 e. The van der Waals surface area contributed by atoms with Crippen LogP contribution in [0.25, 0.3) is 10.9 Å². The van der Waals surface area contributed by atoms with Gasteiger partial charge >= 0.3 is 6.09 Å². The Morgan fingerprint density at radius 3 is 2.71 bits per heavy atom. The number of amides is 1. The fourth-order valence-corrected chi connectivity index (χ4v) is 2.07. The van der Waals surface area contributed by atoms with Gasteiger partial charge in [-0.3, -0.25) is 5.32 Å². The first-order chi connectivity index (χ1) is 9.78. The van der Waals surface area contributed by atoms with Crippen LogP contribution in [0.4, 0.5) is 10.6 Å². The van der Waals surface area contributed by atoms with Crippen molar-refractivity contribution in [2.45, 2.75) is 26.4 Å². The minimum atomic E-state index is -0.638. The summed E-state index contributed by atoms with van der Waals surface area (Å²) in [6, 6.07) is 9.24. The Hall–Kier alpha value is -2.13. The van der Waals surface area contributed by atoms with Gasteiger partial charge in [-0.1, -0.05) is 22.0 Å². The van der Waals surface area contributed by atoms with Gasteiger partial charge in [-0.05, 0) is 39.0 Å². The third-order valence-electron chi connectivity index (χ3n) is 2.52. The Labute approximate surface area is 131 Å². The number of hydrogen-bond donors (Lipinski definition) is 1. The number of pyridine rings is 1. The third kappa shape index (κ3) is 3.92. The molecule has 0 aliphatic heterocycles. The van der Waals surface area contributed by atoms with Crippen LogP contribution in [0.15, 0.2) is 28.7 Å². The number of carbonyl (C=O) groups excluding carboxylic acids is 1. The van der Waals surface area contributed by atoms with Crippen LogP contribution in [-0.2, 0) is 4.74 Å². The molecule has 108 valence electrons. The minimum Gasteiger partial charge on any atom is -0.444 e. The van der Waals surface area contributed by atoms with Gasteiger partial charge in [0.1, 0.15) is 11.7 Å². The molecule has 0 aliphatic carbocycles. The molecule has 0 fully saturated rings. The van der Waals surface area contributed by atoms with Gasteiger partial charge < -0.3 is 4.74 Å². The van der Waals surface area contributed by atoms with Crippen molar-refractivity contribution in [1.82, 2.24) is 4.98 Å². The monoisotopic (exact) mass is 347 g/mol. The van der Waals surface area contributed by atoms with E-state index in [1.165, 1.54) is 0 Å². The molecule has 0 spiro atoms.